The topological polar surface area (TPSA) is 74.6 Å². The Morgan fingerprint density at radius 2 is 1.92 bits per heavy atom. The summed E-state index contributed by atoms with van der Waals surface area (Å²) < 4.78 is 0. The molecule has 0 spiro atoms. The van der Waals surface area contributed by atoms with E-state index in [2.05, 4.69) is 0 Å². The molecule has 0 aromatic heterocycles. The largest absolute Gasteiger partial charge is 0.481 e. The summed E-state index contributed by atoms with van der Waals surface area (Å²) in [4.78, 5) is 21.2. The highest BCUT2D eigenvalue weighted by atomic mass is 16.4. The molecule has 4 nitrogen and oxygen atoms in total. The zero-order chi connectivity index (χ0) is 9.72. The summed E-state index contributed by atoms with van der Waals surface area (Å²) in [6, 6.07) is 0. The first kappa shape index (κ1) is 11.1. The Hall–Kier alpha value is -0.900. The van der Waals surface area contributed by atoms with E-state index in [4.69, 9.17) is 5.11 Å². The fourth-order valence-electron chi connectivity index (χ4n) is 1.07. The van der Waals surface area contributed by atoms with E-state index in [-0.39, 0.29) is 0 Å². The van der Waals surface area contributed by atoms with Crippen LogP contribution in [0.4, 0.5) is 0 Å². The first-order chi connectivity index (χ1) is 5.50. The maximum Gasteiger partial charge on any atom is 0.316 e. The van der Waals surface area contributed by atoms with Gasteiger partial charge in [0.05, 0.1) is 6.10 Å². The number of carbonyl (C=O) groups is 2. The fourth-order valence-corrected chi connectivity index (χ4v) is 1.07. The molecule has 0 bridgehead atoms. The predicted molar refractivity (Wildman–Crippen MR) is 42.7 cm³/mol. The van der Waals surface area contributed by atoms with E-state index >= 15 is 0 Å². The molecule has 0 amide bonds. The summed E-state index contributed by atoms with van der Waals surface area (Å²) in [7, 11) is 0. The molecule has 12 heavy (non-hydrogen) atoms. The van der Waals surface area contributed by atoms with Crippen molar-refractivity contribution >= 4 is 11.8 Å². The summed E-state index contributed by atoms with van der Waals surface area (Å²) in [5.74, 6) is -3.00. The molecule has 2 unspecified atom stereocenters. The van der Waals surface area contributed by atoms with Crippen molar-refractivity contribution in [2.75, 3.05) is 0 Å². The second kappa shape index (κ2) is 4.87. The predicted octanol–water partition coefficient (Wildman–Crippen LogP) is 0.437. The van der Waals surface area contributed by atoms with Gasteiger partial charge in [-0.05, 0) is 13.3 Å². The van der Waals surface area contributed by atoms with Crippen molar-refractivity contribution in [2.45, 2.75) is 32.8 Å². The maximum atomic E-state index is 10.8. The third kappa shape index (κ3) is 3.00. The number of aliphatic hydroxyl groups excluding tert-OH is 1. The summed E-state index contributed by atoms with van der Waals surface area (Å²) >= 11 is 0. The van der Waals surface area contributed by atoms with Crippen LogP contribution in [-0.2, 0) is 9.59 Å². The van der Waals surface area contributed by atoms with Gasteiger partial charge in [-0.25, -0.2) is 0 Å². The number of carboxylic acids is 1. The smallest absolute Gasteiger partial charge is 0.316 e. The van der Waals surface area contributed by atoms with Gasteiger partial charge in [-0.3, -0.25) is 9.59 Å². The minimum atomic E-state index is -1.26. The number of aliphatic carboxylic acids is 1. The van der Waals surface area contributed by atoms with Gasteiger partial charge in [-0.2, -0.15) is 0 Å². The van der Waals surface area contributed by atoms with Gasteiger partial charge in [0.25, 0.3) is 0 Å². The van der Waals surface area contributed by atoms with Crippen molar-refractivity contribution in [3.63, 3.8) is 0 Å². The molecular weight excluding hydrogens is 160 g/mol. The van der Waals surface area contributed by atoms with E-state index in [9.17, 15) is 14.7 Å². The number of carboxylic acid groups (broad SMARTS) is 1. The SMILES string of the molecule is CCCC(O)C(C(C)=O)C(=O)O. The standard InChI is InChI=1S/C8H14O4/c1-3-4-6(10)7(5(2)9)8(11)12/h6-7,10H,3-4H2,1-2H3,(H,11,12). The van der Waals surface area contributed by atoms with Crippen LogP contribution in [0.1, 0.15) is 26.7 Å². The lowest BCUT2D eigenvalue weighted by Gasteiger charge is -2.14. The molecule has 0 aromatic carbocycles. The molecule has 4 heteroatoms. The molecule has 0 heterocycles. The zero-order valence-electron chi connectivity index (χ0n) is 7.28. The van der Waals surface area contributed by atoms with E-state index in [1.54, 1.807) is 0 Å². The third-order valence-corrected chi connectivity index (χ3v) is 1.67. The molecule has 0 rings (SSSR count). The number of ketones is 1. The molecule has 0 aliphatic rings. The van der Waals surface area contributed by atoms with Crippen LogP contribution < -0.4 is 0 Å². The van der Waals surface area contributed by atoms with E-state index in [0.717, 1.165) is 0 Å². The molecule has 0 radical (unpaired) electrons. The van der Waals surface area contributed by atoms with Gasteiger partial charge in [0, 0.05) is 0 Å². The highest BCUT2D eigenvalue weighted by Gasteiger charge is 2.29. The van der Waals surface area contributed by atoms with Crippen LogP contribution in [0.25, 0.3) is 0 Å². The van der Waals surface area contributed by atoms with Crippen molar-refractivity contribution in [1.82, 2.24) is 0 Å². The Morgan fingerprint density at radius 1 is 1.42 bits per heavy atom. The number of Topliss-reactive ketones (excluding diaryl/α,β-unsaturated/α-hetero) is 1. The summed E-state index contributed by atoms with van der Waals surface area (Å²) in [6.07, 6.45) is -0.0422. The number of aliphatic hydroxyl groups is 1. The second-order valence-electron chi connectivity index (χ2n) is 2.78. The number of rotatable bonds is 5. The van der Waals surface area contributed by atoms with E-state index in [1.165, 1.54) is 6.92 Å². The highest BCUT2D eigenvalue weighted by molar-refractivity contribution is 5.97. The van der Waals surface area contributed by atoms with Gasteiger partial charge >= 0.3 is 5.97 Å². The Bertz CT molecular complexity index is 162. The quantitative estimate of drug-likeness (QED) is 0.593. The van der Waals surface area contributed by atoms with Crippen molar-refractivity contribution in [3.05, 3.63) is 0 Å². The van der Waals surface area contributed by atoms with Gasteiger partial charge in [0.1, 0.15) is 11.7 Å². The zero-order valence-corrected chi connectivity index (χ0v) is 7.28. The van der Waals surface area contributed by atoms with Crippen molar-refractivity contribution in [2.24, 2.45) is 5.92 Å². The Labute approximate surface area is 71.2 Å². The van der Waals surface area contributed by atoms with Gasteiger partial charge in [0.15, 0.2) is 0 Å². The minimum Gasteiger partial charge on any atom is -0.481 e. The van der Waals surface area contributed by atoms with Crippen LogP contribution in [0.2, 0.25) is 0 Å². The van der Waals surface area contributed by atoms with Gasteiger partial charge in [0.2, 0.25) is 0 Å². The normalized spacial score (nSPS) is 15.2. The monoisotopic (exact) mass is 174 g/mol. The highest BCUT2D eigenvalue weighted by Crippen LogP contribution is 2.11. The van der Waals surface area contributed by atoms with E-state index in [0.29, 0.717) is 12.8 Å². The van der Waals surface area contributed by atoms with Crippen molar-refractivity contribution in [3.8, 4) is 0 Å². The van der Waals surface area contributed by atoms with E-state index < -0.39 is 23.8 Å². The fraction of sp³-hybridized carbons (Fsp3) is 0.750. The number of hydrogen-bond donors (Lipinski definition) is 2. The maximum absolute atomic E-state index is 10.8. The van der Waals surface area contributed by atoms with Crippen LogP contribution in [0.15, 0.2) is 0 Å². The van der Waals surface area contributed by atoms with Gasteiger partial charge in [-0.1, -0.05) is 13.3 Å². The van der Waals surface area contributed by atoms with Gasteiger partial charge in [-0.15, -0.1) is 0 Å². The van der Waals surface area contributed by atoms with Crippen LogP contribution in [0.5, 0.6) is 0 Å². The van der Waals surface area contributed by atoms with Crippen LogP contribution in [0.3, 0.4) is 0 Å². The lowest BCUT2D eigenvalue weighted by atomic mass is 9.95. The van der Waals surface area contributed by atoms with Crippen LogP contribution in [-0.4, -0.2) is 28.1 Å². The van der Waals surface area contributed by atoms with Crippen LogP contribution in [0, 0.1) is 5.92 Å². The molecule has 70 valence electrons. The lowest BCUT2D eigenvalue weighted by Crippen LogP contribution is -2.33. The third-order valence-electron chi connectivity index (χ3n) is 1.67. The Kier molecular flexibility index (Phi) is 4.51. The molecule has 0 aliphatic heterocycles. The first-order valence-electron chi connectivity index (χ1n) is 3.92. The molecule has 0 aliphatic carbocycles. The molecular formula is C8H14O4. The molecule has 2 N–H and O–H groups in total. The first-order valence-corrected chi connectivity index (χ1v) is 3.92. The van der Waals surface area contributed by atoms with Gasteiger partial charge < -0.3 is 10.2 Å². The second-order valence-corrected chi connectivity index (χ2v) is 2.78. The average Bonchev–Trinajstić information content (AvgIpc) is 1.85. The number of carbonyl (C=O) groups excluding carboxylic acids is 1. The molecule has 0 aromatic rings. The number of hydrogen-bond acceptors (Lipinski definition) is 3. The van der Waals surface area contributed by atoms with Crippen molar-refractivity contribution < 1.29 is 19.8 Å². The molecule has 0 saturated heterocycles. The molecule has 0 fully saturated rings. The summed E-state index contributed by atoms with van der Waals surface area (Å²) in [6.45, 7) is 3.00. The van der Waals surface area contributed by atoms with E-state index in [1.807, 2.05) is 6.92 Å². The molecule has 2 atom stereocenters. The lowest BCUT2D eigenvalue weighted by molar-refractivity contribution is -0.150. The molecule has 0 saturated carbocycles. The average molecular weight is 174 g/mol. The Morgan fingerprint density at radius 3 is 2.17 bits per heavy atom. The summed E-state index contributed by atoms with van der Waals surface area (Å²) in [5.41, 5.74) is 0. The minimum absolute atomic E-state index is 0.344. The summed E-state index contributed by atoms with van der Waals surface area (Å²) in [5, 5.41) is 17.8. The Balaban J connectivity index is 4.29. The van der Waals surface area contributed by atoms with Crippen LogP contribution >= 0.6 is 0 Å². The van der Waals surface area contributed by atoms with Crippen molar-refractivity contribution in [1.29, 1.82) is 0 Å².